The standard InChI is InChI=1S/C21H18F2N2O4S2/c22-16-6-9-19(10-7-16)31(28,29)25-12-2-3-15-13-18(8-11-21(15)25)24-30(26,27)20-5-1-4-17(23)14-20/h1,4-11,13-14,24H,2-3,12H2. The predicted molar refractivity (Wildman–Crippen MR) is 113 cm³/mol. The Morgan fingerprint density at radius 3 is 2.26 bits per heavy atom. The van der Waals surface area contributed by atoms with Gasteiger partial charge in [0.05, 0.1) is 15.5 Å². The molecule has 4 rings (SSSR count). The maximum atomic E-state index is 13.4. The third-order valence-electron chi connectivity index (χ3n) is 4.92. The van der Waals surface area contributed by atoms with Gasteiger partial charge in [0.2, 0.25) is 0 Å². The van der Waals surface area contributed by atoms with Crippen LogP contribution in [0.15, 0.2) is 76.5 Å². The van der Waals surface area contributed by atoms with Gasteiger partial charge in [0.25, 0.3) is 20.0 Å². The van der Waals surface area contributed by atoms with Gasteiger partial charge in [-0.3, -0.25) is 9.03 Å². The fraction of sp³-hybridized carbons (Fsp3) is 0.143. The molecule has 0 unspecified atom stereocenters. The third kappa shape index (κ3) is 4.26. The second-order valence-corrected chi connectivity index (χ2v) is 10.6. The first kappa shape index (κ1) is 21.3. The van der Waals surface area contributed by atoms with Gasteiger partial charge in [-0.1, -0.05) is 6.07 Å². The molecular weight excluding hydrogens is 446 g/mol. The van der Waals surface area contributed by atoms with E-state index in [1.165, 1.54) is 40.7 Å². The number of nitrogens with zero attached hydrogens (tertiary/aromatic N) is 1. The number of halogens is 2. The summed E-state index contributed by atoms with van der Waals surface area (Å²) in [6.07, 6.45) is 1.09. The lowest BCUT2D eigenvalue weighted by Gasteiger charge is -2.31. The molecule has 1 N–H and O–H groups in total. The summed E-state index contributed by atoms with van der Waals surface area (Å²) in [4.78, 5) is -0.247. The second-order valence-electron chi connectivity index (χ2n) is 7.04. The van der Waals surface area contributed by atoms with E-state index in [0.29, 0.717) is 24.1 Å². The average molecular weight is 465 g/mol. The Bertz CT molecular complexity index is 1340. The van der Waals surface area contributed by atoms with Crippen LogP contribution in [0.1, 0.15) is 12.0 Å². The van der Waals surface area contributed by atoms with E-state index in [1.807, 2.05) is 0 Å². The SMILES string of the molecule is O=S(=O)(Nc1ccc2c(c1)CCCN2S(=O)(=O)c1ccc(F)cc1)c1cccc(F)c1. The maximum Gasteiger partial charge on any atom is 0.264 e. The Morgan fingerprint density at radius 2 is 1.55 bits per heavy atom. The van der Waals surface area contributed by atoms with E-state index in [1.54, 1.807) is 6.07 Å². The molecule has 0 atom stereocenters. The molecule has 0 spiro atoms. The van der Waals surface area contributed by atoms with Gasteiger partial charge in [-0.2, -0.15) is 0 Å². The zero-order valence-corrected chi connectivity index (χ0v) is 17.8. The molecule has 3 aromatic rings. The largest absolute Gasteiger partial charge is 0.280 e. The summed E-state index contributed by atoms with van der Waals surface area (Å²) >= 11 is 0. The highest BCUT2D eigenvalue weighted by Gasteiger charge is 2.29. The van der Waals surface area contributed by atoms with Crippen molar-refractivity contribution in [2.24, 2.45) is 0 Å². The Morgan fingerprint density at radius 1 is 0.806 bits per heavy atom. The molecule has 31 heavy (non-hydrogen) atoms. The lowest BCUT2D eigenvalue weighted by atomic mass is 10.0. The van der Waals surface area contributed by atoms with E-state index in [4.69, 9.17) is 0 Å². The first-order valence-corrected chi connectivity index (χ1v) is 12.3. The fourth-order valence-electron chi connectivity index (χ4n) is 3.46. The fourth-order valence-corrected chi connectivity index (χ4v) is 6.08. The summed E-state index contributed by atoms with van der Waals surface area (Å²) in [7, 11) is -7.91. The molecule has 0 bridgehead atoms. The quantitative estimate of drug-likeness (QED) is 0.621. The summed E-state index contributed by atoms with van der Waals surface area (Å²) in [5, 5.41) is 0. The molecule has 0 aromatic heterocycles. The van der Waals surface area contributed by atoms with Crippen molar-refractivity contribution in [1.29, 1.82) is 0 Å². The number of fused-ring (bicyclic) bond motifs is 1. The molecule has 0 amide bonds. The van der Waals surface area contributed by atoms with E-state index in [0.717, 1.165) is 24.3 Å². The van der Waals surface area contributed by atoms with Gasteiger partial charge in [0.1, 0.15) is 11.6 Å². The second kappa shape index (κ2) is 7.93. The van der Waals surface area contributed by atoms with Crippen LogP contribution in [0, 0.1) is 11.6 Å². The van der Waals surface area contributed by atoms with Crippen LogP contribution in [-0.4, -0.2) is 23.4 Å². The normalized spacial score (nSPS) is 14.2. The zero-order valence-electron chi connectivity index (χ0n) is 16.1. The van der Waals surface area contributed by atoms with Gasteiger partial charge in [0, 0.05) is 12.2 Å². The molecule has 0 aliphatic carbocycles. The minimum Gasteiger partial charge on any atom is -0.280 e. The number of nitrogens with one attached hydrogen (secondary N) is 1. The zero-order chi connectivity index (χ0) is 22.2. The van der Waals surface area contributed by atoms with E-state index >= 15 is 0 Å². The van der Waals surface area contributed by atoms with Crippen LogP contribution < -0.4 is 9.03 Å². The van der Waals surface area contributed by atoms with E-state index < -0.39 is 31.7 Å². The summed E-state index contributed by atoms with van der Waals surface area (Å²) in [6.45, 7) is 0.251. The highest BCUT2D eigenvalue weighted by Crippen LogP contribution is 2.34. The Hall–Kier alpha value is -2.98. The summed E-state index contributed by atoms with van der Waals surface area (Å²) in [5.41, 5.74) is 1.32. The van der Waals surface area contributed by atoms with Crippen molar-refractivity contribution in [3.63, 3.8) is 0 Å². The van der Waals surface area contributed by atoms with Crippen LogP contribution >= 0.6 is 0 Å². The van der Waals surface area contributed by atoms with Crippen LogP contribution in [0.4, 0.5) is 20.2 Å². The van der Waals surface area contributed by atoms with Crippen LogP contribution in [-0.2, 0) is 26.5 Å². The van der Waals surface area contributed by atoms with Gasteiger partial charge >= 0.3 is 0 Å². The maximum absolute atomic E-state index is 13.4. The number of hydrogen-bond acceptors (Lipinski definition) is 4. The van der Waals surface area contributed by atoms with Gasteiger partial charge in [-0.15, -0.1) is 0 Å². The summed E-state index contributed by atoms with van der Waals surface area (Å²) in [6, 6.07) is 13.8. The third-order valence-corrected chi connectivity index (χ3v) is 8.12. The van der Waals surface area contributed by atoms with Gasteiger partial charge < -0.3 is 0 Å². The summed E-state index contributed by atoms with van der Waals surface area (Å²) in [5.74, 6) is -1.21. The highest BCUT2D eigenvalue weighted by molar-refractivity contribution is 7.93. The van der Waals surface area contributed by atoms with Crippen molar-refractivity contribution >= 4 is 31.4 Å². The van der Waals surface area contributed by atoms with Crippen molar-refractivity contribution in [3.05, 3.63) is 83.9 Å². The molecule has 6 nitrogen and oxygen atoms in total. The molecule has 3 aromatic carbocycles. The molecule has 1 aliphatic heterocycles. The Balaban J connectivity index is 1.65. The minimum absolute atomic E-state index is 0.0300. The molecule has 0 saturated carbocycles. The van der Waals surface area contributed by atoms with Crippen LogP contribution in [0.2, 0.25) is 0 Å². The number of benzene rings is 3. The molecular formula is C21H18F2N2O4S2. The van der Waals surface area contributed by atoms with Crippen LogP contribution in [0.25, 0.3) is 0 Å². The first-order chi connectivity index (χ1) is 14.7. The summed E-state index contributed by atoms with van der Waals surface area (Å²) < 4.78 is 81.4. The van der Waals surface area contributed by atoms with E-state index in [9.17, 15) is 25.6 Å². The van der Waals surface area contributed by atoms with Gasteiger partial charge in [0.15, 0.2) is 0 Å². The van der Waals surface area contributed by atoms with Crippen molar-refractivity contribution in [3.8, 4) is 0 Å². The first-order valence-electron chi connectivity index (χ1n) is 9.36. The molecule has 1 aliphatic rings. The minimum atomic E-state index is -4.01. The topological polar surface area (TPSA) is 83.6 Å². The van der Waals surface area contributed by atoms with Gasteiger partial charge in [-0.25, -0.2) is 25.6 Å². The Kier molecular flexibility index (Phi) is 5.44. The van der Waals surface area contributed by atoms with Crippen molar-refractivity contribution < 1.29 is 25.6 Å². The molecule has 1 heterocycles. The molecule has 0 saturated heterocycles. The monoisotopic (exact) mass is 464 g/mol. The lowest BCUT2D eigenvalue weighted by Crippen LogP contribution is -2.35. The van der Waals surface area contributed by atoms with Crippen LogP contribution in [0.3, 0.4) is 0 Å². The molecule has 0 radical (unpaired) electrons. The average Bonchev–Trinajstić information content (AvgIpc) is 2.73. The number of anilines is 2. The van der Waals surface area contributed by atoms with Crippen molar-refractivity contribution in [2.45, 2.75) is 22.6 Å². The lowest BCUT2D eigenvalue weighted by molar-refractivity contribution is 0.585. The molecule has 162 valence electrons. The highest BCUT2D eigenvalue weighted by atomic mass is 32.2. The van der Waals surface area contributed by atoms with Crippen LogP contribution in [0.5, 0.6) is 0 Å². The number of sulfonamides is 2. The number of aryl methyl sites for hydroxylation is 1. The number of hydrogen-bond donors (Lipinski definition) is 1. The van der Waals surface area contributed by atoms with Crippen molar-refractivity contribution in [1.82, 2.24) is 0 Å². The molecule has 0 fully saturated rings. The van der Waals surface area contributed by atoms with E-state index in [2.05, 4.69) is 4.72 Å². The van der Waals surface area contributed by atoms with E-state index in [-0.39, 0.29) is 22.0 Å². The Labute approximate surface area is 179 Å². The van der Waals surface area contributed by atoms with Gasteiger partial charge in [-0.05, 0) is 79.1 Å². The van der Waals surface area contributed by atoms with Crippen molar-refractivity contribution in [2.75, 3.05) is 15.6 Å². The smallest absolute Gasteiger partial charge is 0.264 e. The molecule has 10 heteroatoms. The predicted octanol–water partition coefficient (Wildman–Crippen LogP) is 3.91. The number of rotatable bonds is 5.